The fourth-order valence-electron chi connectivity index (χ4n) is 3.34. The van der Waals surface area contributed by atoms with Gasteiger partial charge in [0.25, 0.3) is 11.6 Å². The van der Waals surface area contributed by atoms with Gasteiger partial charge in [-0.1, -0.05) is 5.16 Å². The van der Waals surface area contributed by atoms with Crippen molar-refractivity contribution in [2.45, 2.75) is 13.8 Å². The smallest absolute Gasteiger partial charge is 0.263 e. The van der Waals surface area contributed by atoms with Crippen molar-refractivity contribution >= 4 is 22.8 Å². The fourth-order valence-corrected chi connectivity index (χ4v) is 3.34. The van der Waals surface area contributed by atoms with Gasteiger partial charge in [0.1, 0.15) is 22.8 Å². The number of nitrogens with zero attached hydrogens (tertiary/aromatic N) is 5. The lowest BCUT2D eigenvalue weighted by Gasteiger charge is -2.35. The first-order valence-electron chi connectivity index (χ1n) is 8.85. The van der Waals surface area contributed by atoms with Gasteiger partial charge in [-0.2, -0.15) is 4.98 Å². The second-order valence-corrected chi connectivity index (χ2v) is 6.55. The maximum atomic E-state index is 12.7. The van der Waals surface area contributed by atoms with E-state index in [-0.39, 0.29) is 5.91 Å². The van der Waals surface area contributed by atoms with Crippen LogP contribution in [-0.2, 0) is 0 Å². The number of aromatic nitrogens is 3. The molecule has 3 aromatic rings. The molecule has 2 aromatic heterocycles. The number of piperazine rings is 1. The summed E-state index contributed by atoms with van der Waals surface area (Å²) in [6.07, 6.45) is 0. The maximum Gasteiger partial charge on any atom is 0.263 e. The van der Waals surface area contributed by atoms with E-state index >= 15 is 0 Å². The van der Waals surface area contributed by atoms with Gasteiger partial charge in [0.15, 0.2) is 0 Å². The molecule has 1 aliphatic heterocycles. The molecule has 3 heterocycles. The normalized spacial score (nSPS) is 14.6. The molecule has 4 rings (SSSR count). The predicted octanol–water partition coefficient (Wildman–Crippen LogP) is 2.21. The van der Waals surface area contributed by atoms with Gasteiger partial charge in [-0.25, -0.2) is 4.98 Å². The fraction of sp³-hybridized carbons (Fsp3) is 0.368. The van der Waals surface area contributed by atoms with E-state index in [2.05, 4.69) is 20.0 Å². The molecule has 1 fully saturated rings. The van der Waals surface area contributed by atoms with Crippen molar-refractivity contribution in [1.29, 1.82) is 0 Å². The van der Waals surface area contributed by atoms with Crippen molar-refractivity contribution in [3.05, 3.63) is 41.3 Å². The molecule has 0 bridgehead atoms. The van der Waals surface area contributed by atoms with Crippen molar-refractivity contribution in [2.24, 2.45) is 0 Å². The zero-order chi connectivity index (χ0) is 19.0. The van der Waals surface area contributed by atoms with E-state index in [1.807, 2.05) is 18.7 Å². The highest BCUT2D eigenvalue weighted by Crippen LogP contribution is 2.27. The summed E-state index contributed by atoms with van der Waals surface area (Å²) < 4.78 is 10.4. The molecule has 140 valence electrons. The Morgan fingerprint density at radius 3 is 2.44 bits per heavy atom. The average Bonchev–Trinajstić information content (AvgIpc) is 3.07. The van der Waals surface area contributed by atoms with E-state index in [0.29, 0.717) is 43.3 Å². The lowest BCUT2D eigenvalue weighted by Crippen LogP contribution is -2.49. The number of fused-ring (bicyclic) bond motifs is 1. The Kier molecular flexibility index (Phi) is 4.39. The van der Waals surface area contributed by atoms with Crippen LogP contribution in [0.25, 0.3) is 11.1 Å². The van der Waals surface area contributed by atoms with E-state index in [1.165, 1.54) is 0 Å². The molecule has 0 aliphatic carbocycles. The molecule has 1 aliphatic rings. The van der Waals surface area contributed by atoms with Crippen LogP contribution in [0.2, 0.25) is 0 Å². The molecule has 8 heteroatoms. The highest BCUT2D eigenvalue weighted by Gasteiger charge is 2.26. The summed E-state index contributed by atoms with van der Waals surface area (Å²) in [6.45, 7) is 6.36. The van der Waals surface area contributed by atoms with Gasteiger partial charge < -0.3 is 19.1 Å². The van der Waals surface area contributed by atoms with Crippen LogP contribution >= 0.6 is 0 Å². The van der Waals surface area contributed by atoms with Crippen molar-refractivity contribution in [2.75, 3.05) is 38.2 Å². The van der Waals surface area contributed by atoms with Crippen LogP contribution in [0.4, 0.5) is 5.82 Å². The minimum atomic E-state index is 0.0301. The van der Waals surface area contributed by atoms with Gasteiger partial charge >= 0.3 is 0 Å². The Hall–Kier alpha value is -3.16. The van der Waals surface area contributed by atoms with Crippen molar-refractivity contribution in [3.8, 4) is 5.75 Å². The van der Waals surface area contributed by atoms with Crippen molar-refractivity contribution in [3.63, 3.8) is 0 Å². The Labute approximate surface area is 156 Å². The molecule has 8 nitrogen and oxygen atoms in total. The predicted molar refractivity (Wildman–Crippen MR) is 100 cm³/mol. The lowest BCUT2D eigenvalue weighted by molar-refractivity contribution is 0.0746. The molecular formula is C19H21N5O3. The van der Waals surface area contributed by atoms with Crippen LogP contribution in [0.15, 0.2) is 28.8 Å². The van der Waals surface area contributed by atoms with E-state index in [9.17, 15) is 4.79 Å². The van der Waals surface area contributed by atoms with E-state index in [1.54, 1.807) is 31.4 Å². The number of ether oxygens (including phenoxy) is 1. The Morgan fingerprint density at radius 1 is 1.07 bits per heavy atom. The van der Waals surface area contributed by atoms with Gasteiger partial charge in [0.05, 0.1) is 12.8 Å². The molecule has 0 atom stereocenters. The molecule has 0 saturated carbocycles. The number of carbonyl (C=O) groups is 1. The van der Waals surface area contributed by atoms with Crippen LogP contribution in [0.1, 0.15) is 21.9 Å². The molecule has 0 N–H and O–H groups in total. The first-order chi connectivity index (χ1) is 13.1. The molecular weight excluding hydrogens is 346 g/mol. The number of methoxy groups -OCH3 is 1. The Morgan fingerprint density at radius 2 is 1.78 bits per heavy atom. The summed E-state index contributed by atoms with van der Waals surface area (Å²) in [5.74, 6) is 2.24. The molecule has 27 heavy (non-hydrogen) atoms. The number of benzene rings is 1. The topological polar surface area (TPSA) is 84.6 Å². The lowest BCUT2D eigenvalue weighted by atomic mass is 10.1. The molecule has 1 saturated heterocycles. The minimum absolute atomic E-state index is 0.0301. The van der Waals surface area contributed by atoms with Gasteiger partial charge in [0.2, 0.25) is 0 Å². The number of aryl methyl sites for hydroxylation is 2. The maximum absolute atomic E-state index is 12.7. The molecule has 0 spiro atoms. The highest BCUT2D eigenvalue weighted by atomic mass is 16.5. The van der Waals surface area contributed by atoms with E-state index in [4.69, 9.17) is 9.26 Å². The first kappa shape index (κ1) is 17.3. The summed E-state index contributed by atoms with van der Waals surface area (Å²) in [7, 11) is 1.61. The van der Waals surface area contributed by atoms with Crippen LogP contribution in [-0.4, -0.2) is 59.2 Å². The highest BCUT2D eigenvalue weighted by molar-refractivity contribution is 5.94. The summed E-state index contributed by atoms with van der Waals surface area (Å²) in [5, 5.41) is 4.85. The van der Waals surface area contributed by atoms with Gasteiger partial charge in [-0.15, -0.1) is 0 Å². The van der Waals surface area contributed by atoms with Crippen LogP contribution in [0, 0.1) is 13.8 Å². The third kappa shape index (κ3) is 3.18. The monoisotopic (exact) mass is 367 g/mol. The van der Waals surface area contributed by atoms with Gasteiger partial charge in [-0.05, 0) is 38.1 Å². The second-order valence-electron chi connectivity index (χ2n) is 6.55. The molecule has 0 radical (unpaired) electrons. The zero-order valence-electron chi connectivity index (χ0n) is 15.6. The zero-order valence-corrected chi connectivity index (χ0v) is 15.6. The van der Waals surface area contributed by atoms with Crippen molar-refractivity contribution in [1.82, 2.24) is 20.0 Å². The third-order valence-corrected chi connectivity index (χ3v) is 4.80. The molecule has 0 unspecified atom stereocenters. The standard InChI is InChI=1S/C19H21N5O3/c1-12-16-17(20-13(2)21-18(16)27-22-12)23-8-10-24(11-9-23)19(25)14-4-6-15(26-3)7-5-14/h4-7H,8-11H2,1-3H3. The van der Waals surface area contributed by atoms with Crippen LogP contribution in [0.5, 0.6) is 5.75 Å². The SMILES string of the molecule is COc1ccc(C(=O)N2CCN(c3nc(C)nc4onc(C)c34)CC2)cc1. The van der Waals surface area contributed by atoms with Crippen LogP contribution in [0.3, 0.4) is 0 Å². The summed E-state index contributed by atoms with van der Waals surface area (Å²) in [4.78, 5) is 25.7. The number of rotatable bonds is 3. The Balaban J connectivity index is 1.50. The molecule has 1 amide bonds. The average molecular weight is 367 g/mol. The summed E-state index contributed by atoms with van der Waals surface area (Å²) >= 11 is 0. The van der Waals surface area contributed by atoms with E-state index < -0.39 is 0 Å². The number of carbonyl (C=O) groups excluding carboxylic acids is 1. The summed E-state index contributed by atoms with van der Waals surface area (Å²) in [6, 6.07) is 7.20. The van der Waals surface area contributed by atoms with Gasteiger partial charge in [-0.3, -0.25) is 4.79 Å². The summed E-state index contributed by atoms with van der Waals surface area (Å²) in [5.41, 5.74) is 1.95. The quantitative estimate of drug-likeness (QED) is 0.701. The number of amides is 1. The first-order valence-corrected chi connectivity index (χ1v) is 8.85. The largest absolute Gasteiger partial charge is 0.497 e. The third-order valence-electron chi connectivity index (χ3n) is 4.80. The number of hydrogen-bond donors (Lipinski definition) is 0. The molecule has 1 aromatic carbocycles. The number of anilines is 1. The van der Waals surface area contributed by atoms with Crippen LogP contribution < -0.4 is 9.64 Å². The van der Waals surface area contributed by atoms with E-state index in [0.717, 1.165) is 22.6 Å². The number of hydrogen-bond acceptors (Lipinski definition) is 7. The van der Waals surface area contributed by atoms with Crippen molar-refractivity contribution < 1.29 is 14.1 Å². The van der Waals surface area contributed by atoms with Gasteiger partial charge in [0, 0.05) is 31.7 Å². The minimum Gasteiger partial charge on any atom is -0.497 e. The Bertz CT molecular complexity index is 975. The second kappa shape index (κ2) is 6.86.